The highest BCUT2D eigenvalue weighted by Crippen LogP contribution is 2.04. The molecule has 0 fully saturated rings. The van der Waals surface area contributed by atoms with Crippen LogP contribution in [0.2, 0.25) is 0 Å². The van der Waals surface area contributed by atoms with Crippen LogP contribution in [0.4, 0.5) is 0 Å². The molecule has 0 amide bonds. The molecule has 0 aliphatic rings. The van der Waals surface area contributed by atoms with E-state index in [0.717, 1.165) is 5.56 Å². The lowest BCUT2D eigenvalue weighted by Crippen LogP contribution is -2.30. The Morgan fingerprint density at radius 3 is 2.56 bits per heavy atom. The molecule has 1 rings (SSSR count). The number of hydrogen-bond donors (Lipinski definition) is 0. The van der Waals surface area contributed by atoms with E-state index >= 15 is 0 Å². The monoisotopic (exact) mass is 223 g/mol. The largest absolute Gasteiger partial charge is 0.456 e. The third-order valence-corrected chi connectivity index (χ3v) is 2.14. The summed E-state index contributed by atoms with van der Waals surface area (Å²) in [5.74, 6) is -0.781. The molecule has 0 bridgehead atoms. The summed E-state index contributed by atoms with van der Waals surface area (Å²) in [5, 5.41) is 10.5. The number of benzene rings is 1. The smallest absolute Gasteiger partial charge is 0.381 e. The number of nitro groups is 1. The Hall–Kier alpha value is -1.91. The van der Waals surface area contributed by atoms with E-state index in [1.807, 2.05) is 18.2 Å². The van der Waals surface area contributed by atoms with Gasteiger partial charge in [0.2, 0.25) is 0 Å². The van der Waals surface area contributed by atoms with Crippen LogP contribution in [-0.4, -0.2) is 16.9 Å². The summed E-state index contributed by atoms with van der Waals surface area (Å²) in [6.07, 6.45) is 0.140. The molecule has 0 aromatic heterocycles. The molecule has 0 spiro atoms. The quantitative estimate of drug-likeness (QED) is 0.433. The van der Waals surface area contributed by atoms with E-state index in [9.17, 15) is 14.9 Å². The SMILES string of the molecule is CCC(C(=O)OCc1ccccc1)[N+](=O)[O-]. The number of carbonyl (C=O) groups is 1. The van der Waals surface area contributed by atoms with Gasteiger partial charge in [-0.1, -0.05) is 37.3 Å². The van der Waals surface area contributed by atoms with Gasteiger partial charge in [-0.2, -0.15) is 0 Å². The maximum Gasteiger partial charge on any atom is 0.381 e. The first-order chi connectivity index (χ1) is 7.65. The topological polar surface area (TPSA) is 69.4 Å². The normalized spacial score (nSPS) is 11.8. The summed E-state index contributed by atoms with van der Waals surface area (Å²) >= 11 is 0. The number of rotatable bonds is 5. The summed E-state index contributed by atoms with van der Waals surface area (Å²) in [5.41, 5.74) is 0.814. The lowest BCUT2D eigenvalue weighted by molar-refractivity contribution is -0.510. The Labute approximate surface area is 93.2 Å². The molecule has 0 heterocycles. The predicted octanol–water partition coefficient (Wildman–Crippen LogP) is 1.79. The first kappa shape index (κ1) is 12.2. The van der Waals surface area contributed by atoms with E-state index < -0.39 is 16.9 Å². The summed E-state index contributed by atoms with van der Waals surface area (Å²) in [7, 11) is 0. The standard InChI is InChI=1S/C11H13NO4/c1-2-10(12(14)15)11(13)16-8-9-6-4-3-5-7-9/h3-7,10H,2,8H2,1H3. The van der Waals surface area contributed by atoms with Crippen molar-refractivity contribution < 1.29 is 14.5 Å². The predicted molar refractivity (Wildman–Crippen MR) is 57.3 cm³/mol. The molecule has 5 heteroatoms. The second-order valence-corrected chi connectivity index (χ2v) is 3.30. The minimum atomic E-state index is -1.26. The first-order valence-corrected chi connectivity index (χ1v) is 4.99. The highest BCUT2D eigenvalue weighted by atomic mass is 16.6. The molecule has 1 aromatic carbocycles. The first-order valence-electron chi connectivity index (χ1n) is 4.99. The molecule has 1 atom stereocenters. The maximum atomic E-state index is 11.3. The second kappa shape index (κ2) is 5.85. The Kier molecular flexibility index (Phi) is 4.44. The van der Waals surface area contributed by atoms with Gasteiger partial charge >= 0.3 is 12.0 Å². The molecule has 5 nitrogen and oxygen atoms in total. The Morgan fingerprint density at radius 1 is 1.44 bits per heavy atom. The zero-order valence-electron chi connectivity index (χ0n) is 8.96. The van der Waals surface area contributed by atoms with Gasteiger partial charge in [0, 0.05) is 11.3 Å². The van der Waals surface area contributed by atoms with Crippen LogP contribution in [0.3, 0.4) is 0 Å². The van der Waals surface area contributed by atoms with Crippen LogP contribution in [0.25, 0.3) is 0 Å². The van der Waals surface area contributed by atoms with Crippen LogP contribution in [0.1, 0.15) is 18.9 Å². The molecule has 86 valence electrons. The van der Waals surface area contributed by atoms with E-state index in [1.54, 1.807) is 19.1 Å². The molecule has 16 heavy (non-hydrogen) atoms. The Morgan fingerprint density at radius 2 is 2.06 bits per heavy atom. The lowest BCUT2D eigenvalue weighted by Gasteiger charge is -2.07. The highest BCUT2D eigenvalue weighted by molar-refractivity contribution is 5.74. The van der Waals surface area contributed by atoms with Crippen molar-refractivity contribution >= 4 is 5.97 Å². The van der Waals surface area contributed by atoms with E-state index in [2.05, 4.69) is 0 Å². The second-order valence-electron chi connectivity index (χ2n) is 3.30. The van der Waals surface area contributed by atoms with E-state index in [4.69, 9.17) is 4.74 Å². The molecule has 0 radical (unpaired) electrons. The minimum absolute atomic E-state index is 0.0734. The molecule has 0 N–H and O–H groups in total. The van der Waals surface area contributed by atoms with Crippen molar-refractivity contribution in [1.29, 1.82) is 0 Å². The van der Waals surface area contributed by atoms with Crippen LogP contribution in [0.15, 0.2) is 30.3 Å². The van der Waals surface area contributed by atoms with Gasteiger partial charge in [0.1, 0.15) is 6.61 Å². The van der Waals surface area contributed by atoms with E-state index in [0.29, 0.717) is 0 Å². The maximum absolute atomic E-state index is 11.3. The van der Waals surface area contributed by atoms with Crippen LogP contribution in [0.5, 0.6) is 0 Å². The van der Waals surface area contributed by atoms with Gasteiger partial charge in [0.05, 0.1) is 0 Å². The molecular weight excluding hydrogens is 210 g/mol. The van der Waals surface area contributed by atoms with Gasteiger partial charge in [-0.25, -0.2) is 4.79 Å². The number of hydrogen-bond acceptors (Lipinski definition) is 4. The molecular formula is C11H13NO4. The third kappa shape index (κ3) is 3.34. The number of ether oxygens (including phenoxy) is 1. The molecule has 1 unspecified atom stereocenters. The van der Waals surface area contributed by atoms with Crippen molar-refractivity contribution in [2.24, 2.45) is 0 Å². The van der Waals surface area contributed by atoms with Gasteiger partial charge in [-0.15, -0.1) is 0 Å². The fraction of sp³-hybridized carbons (Fsp3) is 0.364. The summed E-state index contributed by atoms with van der Waals surface area (Å²) in [4.78, 5) is 21.2. The summed E-state index contributed by atoms with van der Waals surface area (Å²) in [6, 6.07) is 7.80. The zero-order chi connectivity index (χ0) is 12.0. The van der Waals surface area contributed by atoms with Crippen molar-refractivity contribution in [3.63, 3.8) is 0 Å². The minimum Gasteiger partial charge on any atom is -0.456 e. The summed E-state index contributed by atoms with van der Waals surface area (Å²) < 4.78 is 4.86. The molecule has 0 saturated heterocycles. The Balaban J connectivity index is 2.49. The van der Waals surface area contributed by atoms with Gasteiger partial charge in [0.15, 0.2) is 0 Å². The Bertz CT molecular complexity index is 364. The van der Waals surface area contributed by atoms with Gasteiger partial charge in [-0.3, -0.25) is 10.1 Å². The fourth-order valence-electron chi connectivity index (χ4n) is 1.23. The van der Waals surface area contributed by atoms with Gasteiger partial charge in [0.25, 0.3) is 0 Å². The van der Waals surface area contributed by atoms with Crippen molar-refractivity contribution in [3.8, 4) is 0 Å². The van der Waals surface area contributed by atoms with E-state index in [-0.39, 0.29) is 13.0 Å². The van der Waals surface area contributed by atoms with Crippen molar-refractivity contribution in [1.82, 2.24) is 0 Å². The average molecular weight is 223 g/mol. The van der Waals surface area contributed by atoms with Gasteiger partial charge < -0.3 is 4.74 Å². The van der Waals surface area contributed by atoms with Crippen LogP contribution < -0.4 is 0 Å². The molecule has 0 aliphatic carbocycles. The van der Waals surface area contributed by atoms with Crippen molar-refractivity contribution in [2.45, 2.75) is 26.0 Å². The van der Waals surface area contributed by atoms with Crippen LogP contribution in [0, 0.1) is 10.1 Å². The number of carbonyl (C=O) groups excluding carboxylic acids is 1. The van der Waals surface area contributed by atoms with Crippen molar-refractivity contribution in [2.75, 3.05) is 0 Å². The highest BCUT2D eigenvalue weighted by Gasteiger charge is 2.28. The molecule has 0 aliphatic heterocycles. The van der Waals surface area contributed by atoms with Gasteiger partial charge in [-0.05, 0) is 5.56 Å². The third-order valence-electron chi connectivity index (χ3n) is 2.14. The van der Waals surface area contributed by atoms with Crippen LogP contribution >= 0.6 is 0 Å². The molecule has 0 saturated carbocycles. The average Bonchev–Trinajstić information content (AvgIpc) is 2.28. The zero-order valence-corrected chi connectivity index (χ0v) is 8.96. The lowest BCUT2D eigenvalue weighted by atomic mass is 10.2. The van der Waals surface area contributed by atoms with Crippen LogP contribution in [-0.2, 0) is 16.1 Å². The number of esters is 1. The summed E-state index contributed by atoms with van der Waals surface area (Å²) in [6.45, 7) is 1.65. The van der Waals surface area contributed by atoms with E-state index in [1.165, 1.54) is 0 Å². The fourth-order valence-corrected chi connectivity index (χ4v) is 1.23. The number of nitrogens with zero attached hydrogens (tertiary/aromatic N) is 1. The molecule has 1 aromatic rings. The van der Waals surface area contributed by atoms with Crippen molar-refractivity contribution in [3.05, 3.63) is 46.0 Å².